The average Bonchev–Trinajstić information content (AvgIpc) is 3.28. The fourth-order valence-electron chi connectivity index (χ4n) is 3.23. The molecule has 1 amide bonds. The van der Waals surface area contributed by atoms with Crippen molar-refractivity contribution in [2.75, 3.05) is 11.9 Å². The van der Waals surface area contributed by atoms with Gasteiger partial charge in [0.05, 0.1) is 10.7 Å². The summed E-state index contributed by atoms with van der Waals surface area (Å²) in [4.78, 5) is 17.1. The predicted octanol–water partition coefficient (Wildman–Crippen LogP) is 7.27. The van der Waals surface area contributed by atoms with Gasteiger partial charge in [-0.25, -0.2) is 4.98 Å². The Labute approximate surface area is 196 Å². The number of halogens is 1. The van der Waals surface area contributed by atoms with Gasteiger partial charge in [0, 0.05) is 22.2 Å². The first-order chi connectivity index (χ1) is 15.5. The first kappa shape index (κ1) is 22.1. The van der Waals surface area contributed by atoms with E-state index in [-0.39, 0.29) is 12.5 Å². The van der Waals surface area contributed by atoms with Crippen molar-refractivity contribution >= 4 is 34.5 Å². The van der Waals surface area contributed by atoms with E-state index in [4.69, 9.17) is 21.3 Å². The molecule has 0 fully saturated rings. The number of aromatic nitrogens is 1. The predicted molar refractivity (Wildman–Crippen MR) is 133 cm³/mol. The van der Waals surface area contributed by atoms with Crippen molar-refractivity contribution in [2.45, 2.75) is 19.8 Å². The zero-order valence-corrected chi connectivity index (χ0v) is 19.4. The molecular weight excluding hydrogens is 440 g/mol. The van der Waals surface area contributed by atoms with Gasteiger partial charge in [0.1, 0.15) is 10.8 Å². The van der Waals surface area contributed by atoms with Crippen LogP contribution in [-0.2, 0) is 4.79 Å². The molecule has 1 heterocycles. The third-order valence-electron chi connectivity index (χ3n) is 4.95. The van der Waals surface area contributed by atoms with Crippen LogP contribution >= 0.6 is 22.9 Å². The van der Waals surface area contributed by atoms with Crippen LogP contribution in [0, 0.1) is 0 Å². The summed E-state index contributed by atoms with van der Waals surface area (Å²) in [7, 11) is 0. The lowest BCUT2D eigenvalue weighted by Gasteiger charge is -2.10. The summed E-state index contributed by atoms with van der Waals surface area (Å²) in [5.41, 5.74) is 4.54. The first-order valence-electron chi connectivity index (χ1n) is 10.3. The lowest BCUT2D eigenvalue weighted by Crippen LogP contribution is -2.20. The molecule has 32 heavy (non-hydrogen) atoms. The topological polar surface area (TPSA) is 51.2 Å². The smallest absolute Gasteiger partial charge is 0.262 e. The Bertz CT molecular complexity index is 1240. The van der Waals surface area contributed by atoms with Crippen LogP contribution < -0.4 is 10.1 Å². The molecule has 4 rings (SSSR count). The van der Waals surface area contributed by atoms with E-state index in [0.717, 1.165) is 21.8 Å². The first-order valence-corrected chi connectivity index (χ1v) is 11.6. The van der Waals surface area contributed by atoms with Gasteiger partial charge in [-0.1, -0.05) is 67.9 Å². The van der Waals surface area contributed by atoms with Crippen molar-refractivity contribution in [3.63, 3.8) is 0 Å². The van der Waals surface area contributed by atoms with Crippen LogP contribution in [0.4, 0.5) is 5.69 Å². The van der Waals surface area contributed by atoms with Gasteiger partial charge >= 0.3 is 0 Å². The maximum atomic E-state index is 12.4. The number of rotatable bonds is 7. The maximum Gasteiger partial charge on any atom is 0.262 e. The van der Waals surface area contributed by atoms with Crippen molar-refractivity contribution < 1.29 is 9.53 Å². The molecular formula is C26H23ClN2O2S. The molecule has 0 aliphatic heterocycles. The van der Waals surface area contributed by atoms with Gasteiger partial charge in [0.25, 0.3) is 5.91 Å². The monoisotopic (exact) mass is 462 g/mol. The second-order valence-corrected chi connectivity index (χ2v) is 8.93. The largest absolute Gasteiger partial charge is 0.484 e. The summed E-state index contributed by atoms with van der Waals surface area (Å²) in [5.74, 6) is 0.876. The average molecular weight is 463 g/mol. The summed E-state index contributed by atoms with van der Waals surface area (Å²) in [6.07, 6.45) is 0. The molecule has 3 aromatic carbocycles. The van der Waals surface area contributed by atoms with Crippen molar-refractivity contribution in [2.24, 2.45) is 0 Å². The van der Waals surface area contributed by atoms with Crippen LogP contribution in [0.5, 0.6) is 5.75 Å². The van der Waals surface area contributed by atoms with Crippen LogP contribution in [0.2, 0.25) is 5.02 Å². The van der Waals surface area contributed by atoms with E-state index < -0.39 is 0 Å². The van der Waals surface area contributed by atoms with E-state index in [0.29, 0.717) is 22.4 Å². The van der Waals surface area contributed by atoms with Crippen LogP contribution in [0.1, 0.15) is 25.3 Å². The zero-order valence-electron chi connectivity index (χ0n) is 17.8. The number of thiazole rings is 1. The minimum absolute atomic E-state index is 0.0564. The number of carbonyl (C=O) groups is 1. The van der Waals surface area contributed by atoms with Crippen molar-refractivity contribution in [3.05, 3.63) is 88.8 Å². The van der Waals surface area contributed by atoms with E-state index in [9.17, 15) is 4.79 Å². The summed E-state index contributed by atoms with van der Waals surface area (Å²) in [6, 6.07) is 23.1. The molecule has 0 saturated heterocycles. The highest BCUT2D eigenvalue weighted by Gasteiger charge is 2.11. The maximum absolute atomic E-state index is 12.4. The van der Waals surface area contributed by atoms with Crippen molar-refractivity contribution in [1.29, 1.82) is 0 Å². The van der Waals surface area contributed by atoms with Crippen molar-refractivity contribution in [1.82, 2.24) is 4.98 Å². The third kappa shape index (κ3) is 5.36. The number of amides is 1. The summed E-state index contributed by atoms with van der Waals surface area (Å²) >= 11 is 7.84. The fourth-order valence-corrected chi connectivity index (χ4v) is 4.38. The second-order valence-electron chi connectivity index (χ2n) is 7.66. The molecule has 162 valence electrons. The van der Waals surface area contributed by atoms with Crippen LogP contribution in [0.3, 0.4) is 0 Å². The Morgan fingerprint density at radius 2 is 1.88 bits per heavy atom. The van der Waals surface area contributed by atoms with Gasteiger partial charge in [-0.2, -0.15) is 0 Å². The summed E-state index contributed by atoms with van der Waals surface area (Å²) in [5, 5.41) is 6.42. The molecule has 6 heteroatoms. The zero-order chi connectivity index (χ0) is 22.5. The molecule has 4 aromatic rings. The van der Waals surface area contributed by atoms with Crippen LogP contribution in [0.25, 0.3) is 21.8 Å². The number of hydrogen-bond donors (Lipinski definition) is 1. The van der Waals surface area contributed by atoms with E-state index in [2.05, 4.69) is 25.2 Å². The highest BCUT2D eigenvalue weighted by atomic mass is 35.5. The molecule has 0 bridgehead atoms. The molecule has 0 saturated carbocycles. The third-order valence-corrected chi connectivity index (χ3v) is 6.15. The normalized spacial score (nSPS) is 10.9. The number of ether oxygens (including phenoxy) is 1. The van der Waals surface area contributed by atoms with E-state index in [1.165, 1.54) is 16.9 Å². The van der Waals surface area contributed by atoms with Crippen LogP contribution in [0.15, 0.2) is 78.2 Å². The van der Waals surface area contributed by atoms with Crippen LogP contribution in [-0.4, -0.2) is 17.5 Å². The number of carbonyl (C=O) groups excluding carboxylic acids is 1. The number of benzene rings is 3. The molecule has 0 aliphatic rings. The molecule has 1 N–H and O–H groups in total. The lowest BCUT2D eigenvalue weighted by atomic mass is 10.0. The lowest BCUT2D eigenvalue weighted by molar-refractivity contribution is -0.118. The van der Waals surface area contributed by atoms with E-state index in [1.807, 2.05) is 72.1 Å². The number of nitrogens with zero attached hydrogens (tertiary/aromatic N) is 1. The second kappa shape index (κ2) is 9.98. The fraction of sp³-hybridized carbons (Fsp3) is 0.154. The van der Waals surface area contributed by atoms with E-state index >= 15 is 0 Å². The minimum Gasteiger partial charge on any atom is -0.484 e. The SMILES string of the molecule is CC(C)c1cccc(OCC(=O)Nc2cccc(-c3csc(-c4ccccc4Cl)n3)c2)c1. The van der Waals surface area contributed by atoms with Gasteiger partial charge in [-0.05, 0) is 41.8 Å². The Kier molecular flexibility index (Phi) is 6.88. The number of anilines is 1. The quantitative estimate of drug-likeness (QED) is 0.314. The van der Waals surface area contributed by atoms with Gasteiger partial charge in [-0.15, -0.1) is 11.3 Å². The van der Waals surface area contributed by atoms with Gasteiger partial charge in [0.2, 0.25) is 0 Å². The number of hydrogen-bond acceptors (Lipinski definition) is 4. The Morgan fingerprint density at radius 3 is 2.69 bits per heavy atom. The Balaban J connectivity index is 1.42. The summed E-state index contributed by atoms with van der Waals surface area (Å²) in [6.45, 7) is 4.19. The molecule has 1 aromatic heterocycles. The Hall–Kier alpha value is -3.15. The standard InChI is InChI=1S/C26H23ClN2O2S/c1-17(2)18-7-6-10-21(14-18)31-15-25(30)28-20-9-5-8-19(13-20)24-16-32-26(29-24)22-11-3-4-12-23(22)27/h3-14,16-17H,15H2,1-2H3,(H,28,30). The Morgan fingerprint density at radius 1 is 1.06 bits per heavy atom. The highest BCUT2D eigenvalue weighted by molar-refractivity contribution is 7.13. The van der Waals surface area contributed by atoms with E-state index in [1.54, 1.807) is 0 Å². The molecule has 0 spiro atoms. The minimum atomic E-state index is -0.216. The highest BCUT2D eigenvalue weighted by Crippen LogP contribution is 2.33. The number of nitrogens with one attached hydrogen (secondary N) is 1. The molecule has 0 radical (unpaired) electrons. The molecule has 4 nitrogen and oxygen atoms in total. The van der Waals surface area contributed by atoms with Crippen molar-refractivity contribution in [3.8, 4) is 27.6 Å². The summed E-state index contributed by atoms with van der Waals surface area (Å²) < 4.78 is 5.67. The van der Waals surface area contributed by atoms with Gasteiger partial charge in [-0.3, -0.25) is 4.79 Å². The molecule has 0 unspecified atom stereocenters. The van der Waals surface area contributed by atoms with Gasteiger partial charge in [0.15, 0.2) is 6.61 Å². The van der Waals surface area contributed by atoms with Gasteiger partial charge < -0.3 is 10.1 Å². The molecule has 0 atom stereocenters. The molecule has 0 aliphatic carbocycles.